The molecule has 0 unspecified atom stereocenters. The Morgan fingerprint density at radius 3 is 2.78 bits per heavy atom. The van der Waals surface area contributed by atoms with E-state index < -0.39 is 0 Å². The van der Waals surface area contributed by atoms with Crippen LogP contribution in [0.3, 0.4) is 0 Å². The quantitative estimate of drug-likeness (QED) is 0.836. The van der Waals surface area contributed by atoms with E-state index in [1.54, 1.807) is 24.4 Å². The number of hydrogen-bond acceptors (Lipinski definition) is 2. The Bertz CT molecular complexity index is 562. The highest BCUT2D eigenvalue weighted by Crippen LogP contribution is 2.26. The van der Waals surface area contributed by atoms with Crippen molar-refractivity contribution in [3.8, 4) is 0 Å². The summed E-state index contributed by atoms with van der Waals surface area (Å²) in [5, 5.41) is 0.560. The smallest absolute Gasteiger partial charge is 0.143 e. The maximum Gasteiger partial charge on any atom is 0.143 e. The molecule has 1 heterocycles. The molecular formula is C13H11BrClFN2. The van der Waals surface area contributed by atoms with Crippen molar-refractivity contribution in [1.82, 2.24) is 4.98 Å². The summed E-state index contributed by atoms with van der Waals surface area (Å²) in [5.41, 5.74) is 0.628. The lowest BCUT2D eigenvalue weighted by Gasteiger charge is -2.19. The molecule has 18 heavy (non-hydrogen) atoms. The molecule has 0 aliphatic carbocycles. The molecule has 1 aromatic carbocycles. The summed E-state index contributed by atoms with van der Waals surface area (Å²) in [7, 11) is 1.85. The first-order valence-electron chi connectivity index (χ1n) is 5.33. The van der Waals surface area contributed by atoms with Crippen LogP contribution in [-0.4, -0.2) is 12.0 Å². The summed E-state index contributed by atoms with van der Waals surface area (Å²) in [6.07, 6.45) is 1.57. The Hall–Kier alpha value is -1.13. The van der Waals surface area contributed by atoms with Crippen LogP contribution in [0.25, 0.3) is 0 Å². The fourth-order valence-corrected chi connectivity index (χ4v) is 2.59. The monoisotopic (exact) mass is 328 g/mol. The lowest BCUT2D eigenvalue weighted by atomic mass is 10.2. The molecule has 0 aliphatic heterocycles. The zero-order chi connectivity index (χ0) is 13.1. The summed E-state index contributed by atoms with van der Waals surface area (Å²) in [6, 6.07) is 8.47. The van der Waals surface area contributed by atoms with Crippen molar-refractivity contribution in [3.63, 3.8) is 0 Å². The van der Waals surface area contributed by atoms with Gasteiger partial charge in [0.05, 0.1) is 9.50 Å². The molecule has 2 aromatic rings. The highest BCUT2D eigenvalue weighted by atomic mass is 79.9. The number of benzene rings is 1. The van der Waals surface area contributed by atoms with E-state index in [0.717, 1.165) is 10.3 Å². The summed E-state index contributed by atoms with van der Waals surface area (Å²) < 4.78 is 14.3. The van der Waals surface area contributed by atoms with Gasteiger partial charge in [0.1, 0.15) is 11.6 Å². The van der Waals surface area contributed by atoms with Gasteiger partial charge in [0.2, 0.25) is 0 Å². The summed E-state index contributed by atoms with van der Waals surface area (Å²) >= 11 is 9.23. The van der Waals surface area contributed by atoms with Gasteiger partial charge in [-0.15, -0.1) is 0 Å². The Kier molecular flexibility index (Phi) is 4.19. The zero-order valence-electron chi connectivity index (χ0n) is 9.70. The van der Waals surface area contributed by atoms with E-state index in [4.69, 9.17) is 11.6 Å². The molecule has 5 heteroatoms. The number of rotatable bonds is 3. The number of pyridine rings is 1. The summed E-state index contributed by atoms with van der Waals surface area (Å²) in [4.78, 5) is 6.09. The molecule has 0 bridgehead atoms. The molecular weight excluding hydrogens is 319 g/mol. The zero-order valence-corrected chi connectivity index (χ0v) is 12.0. The molecule has 0 aliphatic rings. The van der Waals surface area contributed by atoms with Crippen molar-refractivity contribution < 1.29 is 4.39 Å². The van der Waals surface area contributed by atoms with E-state index in [-0.39, 0.29) is 5.82 Å². The molecule has 2 nitrogen and oxygen atoms in total. The molecule has 0 N–H and O–H groups in total. The predicted octanol–water partition coefficient (Wildman–Crippen LogP) is 4.27. The standard InChI is InChI=1S/C13H11BrClFN2/c1-18(8-9-4-2-3-5-12(9)16)13-11(14)6-10(15)7-17-13/h2-7H,8H2,1H3. The topological polar surface area (TPSA) is 16.1 Å². The minimum atomic E-state index is -0.213. The Balaban J connectivity index is 2.22. The number of nitrogens with zero attached hydrogens (tertiary/aromatic N) is 2. The van der Waals surface area contributed by atoms with Gasteiger partial charge in [-0.1, -0.05) is 29.8 Å². The first-order valence-corrected chi connectivity index (χ1v) is 6.50. The Morgan fingerprint density at radius 1 is 1.39 bits per heavy atom. The van der Waals surface area contributed by atoms with Crippen molar-refractivity contribution >= 4 is 33.3 Å². The lowest BCUT2D eigenvalue weighted by molar-refractivity contribution is 0.607. The maximum atomic E-state index is 13.6. The van der Waals surface area contributed by atoms with Gasteiger partial charge in [-0.05, 0) is 28.1 Å². The first-order chi connectivity index (χ1) is 8.58. The highest BCUT2D eigenvalue weighted by Gasteiger charge is 2.10. The minimum Gasteiger partial charge on any atom is -0.354 e. The number of aromatic nitrogens is 1. The van der Waals surface area contributed by atoms with Crippen molar-refractivity contribution in [1.29, 1.82) is 0 Å². The van der Waals surface area contributed by atoms with E-state index in [1.165, 1.54) is 6.07 Å². The number of hydrogen-bond donors (Lipinski definition) is 0. The van der Waals surface area contributed by atoms with Gasteiger partial charge in [0, 0.05) is 25.4 Å². The molecule has 0 saturated carbocycles. The van der Waals surface area contributed by atoms with E-state index in [0.29, 0.717) is 17.1 Å². The van der Waals surface area contributed by atoms with Gasteiger partial charge < -0.3 is 4.90 Å². The van der Waals surface area contributed by atoms with Crippen molar-refractivity contribution in [3.05, 3.63) is 57.4 Å². The summed E-state index contributed by atoms with van der Waals surface area (Å²) in [5.74, 6) is 0.511. The fraction of sp³-hybridized carbons (Fsp3) is 0.154. The van der Waals surface area contributed by atoms with Crippen LogP contribution in [0.2, 0.25) is 5.02 Å². The van der Waals surface area contributed by atoms with Gasteiger partial charge in [0.25, 0.3) is 0 Å². The average Bonchev–Trinajstić information content (AvgIpc) is 2.32. The van der Waals surface area contributed by atoms with Crippen LogP contribution in [0.4, 0.5) is 10.2 Å². The number of anilines is 1. The van der Waals surface area contributed by atoms with E-state index >= 15 is 0 Å². The second-order valence-corrected chi connectivity index (χ2v) is 5.20. The average molecular weight is 330 g/mol. The van der Waals surface area contributed by atoms with Crippen molar-refractivity contribution in [2.24, 2.45) is 0 Å². The van der Waals surface area contributed by atoms with Crippen LogP contribution >= 0.6 is 27.5 Å². The van der Waals surface area contributed by atoms with Gasteiger partial charge in [-0.3, -0.25) is 0 Å². The maximum absolute atomic E-state index is 13.6. The normalized spacial score (nSPS) is 10.4. The highest BCUT2D eigenvalue weighted by molar-refractivity contribution is 9.10. The first kappa shape index (κ1) is 13.3. The van der Waals surface area contributed by atoms with E-state index in [2.05, 4.69) is 20.9 Å². The van der Waals surface area contributed by atoms with Crippen LogP contribution in [-0.2, 0) is 6.54 Å². The molecule has 0 spiro atoms. The molecule has 94 valence electrons. The number of halogens is 3. The minimum absolute atomic E-state index is 0.213. The van der Waals surface area contributed by atoms with Gasteiger partial charge in [-0.2, -0.15) is 0 Å². The van der Waals surface area contributed by atoms with Gasteiger partial charge in [-0.25, -0.2) is 9.37 Å². The molecule has 0 radical (unpaired) electrons. The third kappa shape index (κ3) is 3.00. The Morgan fingerprint density at radius 2 is 2.11 bits per heavy atom. The SMILES string of the molecule is CN(Cc1ccccc1F)c1ncc(Cl)cc1Br. The van der Waals surface area contributed by atoms with E-state index in [9.17, 15) is 4.39 Å². The molecule has 2 rings (SSSR count). The largest absolute Gasteiger partial charge is 0.354 e. The van der Waals surface area contributed by atoms with Crippen molar-refractivity contribution in [2.45, 2.75) is 6.54 Å². The lowest BCUT2D eigenvalue weighted by Crippen LogP contribution is -2.18. The van der Waals surface area contributed by atoms with Crippen molar-refractivity contribution in [2.75, 3.05) is 11.9 Å². The second kappa shape index (κ2) is 5.67. The predicted molar refractivity (Wildman–Crippen MR) is 75.5 cm³/mol. The molecule has 0 atom stereocenters. The van der Waals surface area contributed by atoms with Gasteiger partial charge in [0.15, 0.2) is 0 Å². The Labute approximate surface area is 119 Å². The van der Waals surface area contributed by atoms with Crippen LogP contribution < -0.4 is 4.90 Å². The molecule has 0 saturated heterocycles. The fourth-order valence-electron chi connectivity index (χ4n) is 1.65. The summed E-state index contributed by atoms with van der Waals surface area (Å²) in [6.45, 7) is 0.444. The van der Waals surface area contributed by atoms with Gasteiger partial charge >= 0.3 is 0 Å². The second-order valence-electron chi connectivity index (χ2n) is 3.91. The van der Waals surface area contributed by atoms with Crippen LogP contribution in [0.1, 0.15) is 5.56 Å². The van der Waals surface area contributed by atoms with Crippen LogP contribution in [0.15, 0.2) is 41.0 Å². The molecule has 0 amide bonds. The van der Waals surface area contributed by atoms with Crippen LogP contribution in [0, 0.1) is 5.82 Å². The molecule has 1 aromatic heterocycles. The third-order valence-corrected chi connectivity index (χ3v) is 3.31. The molecule has 0 fully saturated rings. The third-order valence-electron chi connectivity index (χ3n) is 2.52. The van der Waals surface area contributed by atoms with Crippen LogP contribution in [0.5, 0.6) is 0 Å². The van der Waals surface area contributed by atoms with E-state index in [1.807, 2.05) is 18.0 Å².